The van der Waals surface area contributed by atoms with Crippen molar-refractivity contribution >= 4 is 28.9 Å². The van der Waals surface area contributed by atoms with Gasteiger partial charge in [-0.2, -0.15) is 0 Å². The molecule has 1 aliphatic heterocycles. The topological polar surface area (TPSA) is 162 Å². The van der Waals surface area contributed by atoms with Crippen LogP contribution in [0.3, 0.4) is 0 Å². The molecule has 0 atom stereocenters. The molecule has 3 aromatic heterocycles. The fraction of sp³-hybridized carbons (Fsp3) is 0.500. The van der Waals surface area contributed by atoms with Gasteiger partial charge < -0.3 is 30.2 Å². The van der Waals surface area contributed by atoms with Crippen molar-refractivity contribution in [2.45, 2.75) is 77.4 Å². The van der Waals surface area contributed by atoms with Crippen LogP contribution in [0.4, 0.5) is 0 Å². The van der Waals surface area contributed by atoms with Crippen molar-refractivity contribution in [2.24, 2.45) is 0 Å². The minimum Gasteiger partial charge on any atom is -0.503 e. The molecule has 1 aliphatic carbocycles. The van der Waals surface area contributed by atoms with E-state index in [0.717, 1.165) is 31.4 Å². The summed E-state index contributed by atoms with van der Waals surface area (Å²) in [5.74, 6) is -0.869. The number of aromatic amines is 1. The quantitative estimate of drug-likeness (QED) is 0.266. The number of unbranched alkanes of at least 4 members (excludes halogenated alkanes) is 2. The molecule has 5 rings (SSSR count). The van der Waals surface area contributed by atoms with Gasteiger partial charge in [-0.25, -0.2) is 9.97 Å². The molecule has 3 aromatic rings. The summed E-state index contributed by atoms with van der Waals surface area (Å²) in [6.45, 7) is 5.21. The highest BCUT2D eigenvalue weighted by molar-refractivity contribution is 6.04. The molecule has 12 nitrogen and oxygen atoms in total. The minimum absolute atomic E-state index is 0.0261. The minimum atomic E-state index is -0.639. The van der Waals surface area contributed by atoms with Crippen LogP contribution in [0.5, 0.6) is 5.75 Å². The molecule has 40 heavy (non-hydrogen) atoms. The van der Waals surface area contributed by atoms with Crippen LogP contribution >= 0.6 is 0 Å². The van der Waals surface area contributed by atoms with Crippen LogP contribution in [0.25, 0.3) is 11.2 Å². The summed E-state index contributed by atoms with van der Waals surface area (Å²) in [5, 5.41) is 16.0. The largest absolute Gasteiger partial charge is 0.503 e. The Labute approximate surface area is 231 Å². The molecule has 4 N–H and O–H groups in total. The highest BCUT2D eigenvalue weighted by Crippen LogP contribution is 2.39. The number of nitrogens with one attached hydrogen (secondary N) is 3. The van der Waals surface area contributed by atoms with Crippen LogP contribution in [0.1, 0.15) is 90.5 Å². The maximum absolute atomic E-state index is 12.8. The van der Waals surface area contributed by atoms with E-state index in [1.807, 2.05) is 13.8 Å². The van der Waals surface area contributed by atoms with E-state index in [1.165, 1.54) is 6.07 Å². The van der Waals surface area contributed by atoms with Crippen LogP contribution in [-0.2, 0) is 17.9 Å². The molecule has 212 valence electrons. The Morgan fingerprint density at radius 3 is 2.70 bits per heavy atom. The number of carbonyl (C=O) groups excluding carboxylic acids is 3. The van der Waals surface area contributed by atoms with Gasteiger partial charge in [-0.05, 0) is 39.5 Å². The maximum Gasteiger partial charge on any atom is 0.274 e. The lowest BCUT2D eigenvalue weighted by atomic mass is 10.1. The van der Waals surface area contributed by atoms with Crippen LogP contribution in [-0.4, -0.2) is 66.4 Å². The maximum atomic E-state index is 12.8. The highest BCUT2D eigenvalue weighted by Gasteiger charge is 2.31. The first-order chi connectivity index (χ1) is 19.2. The molecule has 0 aromatic carbocycles. The zero-order valence-corrected chi connectivity index (χ0v) is 22.8. The van der Waals surface area contributed by atoms with Crippen molar-refractivity contribution in [1.29, 1.82) is 0 Å². The molecule has 0 radical (unpaired) electrons. The summed E-state index contributed by atoms with van der Waals surface area (Å²) >= 11 is 0. The Bertz CT molecular complexity index is 1500. The van der Waals surface area contributed by atoms with E-state index < -0.39 is 17.1 Å². The van der Waals surface area contributed by atoms with E-state index in [0.29, 0.717) is 60.8 Å². The average Bonchev–Trinajstić information content (AvgIpc) is 3.70. The molecule has 1 fully saturated rings. The van der Waals surface area contributed by atoms with Gasteiger partial charge in [0.25, 0.3) is 11.8 Å². The molecule has 3 amide bonds. The number of aromatic nitrogens is 4. The molecule has 4 heterocycles. The molecule has 2 aliphatic rings. The Morgan fingerprint density at radius 1 is 1.15 bits per heavy atom. The zero-order chi connectivity index (χ0) is 28.4. The van der Waals surface area contributed by atoms with E-state index >= 15 is 0 Å². The molecule has 12 heteroatoms. The molecule has 0 saturated heterocycles. The van der Waals surface area contributed by atoms with Gasteiger partial charge in [0.1, 0.15) is 5.52 Å². The first kappa shape index (κ1) is 27.4. The predicted molar refractivity (Wildman–Crippen MR) is 147 cm³/mol. The monoisotopic (exact) mass is 549 g/mol. The molecular formula is C28H35N7O5. The lowest BCUT2D eigenvalue weighted by Gasteiger charge is -2.34. The standard InChI is InChI=1S/C28H35N7O5/c1-16(2)34-10-11-35-18(12-21(36)25(38)24(35)28(34)40)13-30-22(37)6-4-3-5-9-29-27(39)19-14-31-26-23(19)33-20(15-32-26)17-7-8-17/h12,14-17,38H,3-11,13H2,1-2H3,(H,29,39)(H,30,37)(H,31,32). The summed E-state index contributed by atoms with van der Waals surface area (Å²) in [6, 6.07) is 1.21. The zero-order valence-electron chi connectivity index (χ0n) is 22.8. The fourth-order valence-corrected chi connectivity index (χ4v) is 5.06. The Morgan fingerprint density at radius 2 is 1.95 bits per heavy atom. The van der Waals surface area contributed by atoms with Crippen molar-refractivity contribution < 1.29 is 19.5 Å². The summed E-state index contributed by atoms with van der Waals surface area (Å²) < 4.78 is 1.62. The Balaban J connectivity index is 1.06. The van der Waals surface area contributed by atoms with Gasteiger partial charge in [-0.1, -0.05) is 6.42 Å². The molecule has 0 unspecified atom stereocenters. The molecular weight excluding hydrogens is 514 g/mol. The Kier molecular flexibility index (Phi) is 7.85. The van der Waals surface area contributed by atoms with Crippen LogP contribution in [0.2, 0.25) is 0 Å². The molecule has 0 bridgehead atoms. The SMILES string of the molecule is CC(C)N1CCn2c(CNC(=O)CCCCCNC(=O)c3c[nH]c4ncc(C5CC5)nc34)cc(=O)c(O)c2C1=O. The first-order valence-corrected chi connectivity index (χ1v) is 13.9. The second-order valence-electron chi connectivity index (χ2n) is 10.8. The third kappa shape index (κ3) is 5.70. The molecule has 1 saturated carbocycles. The summed E-state index contributed by atoms with van der Waals surface area (Å²) in [5.41, 5.74) is 2.43. The third-order valence-electron chi connectivity index (χ3n) is 7.50. The van der Waals surface area contributed by atoms with E-state index in [1.54, 1.807) is 21.9 Å². The number of nitrogens with zero attached hydrogens (tertiary/aromatic N) is 4. The fourth-order valence-electron chi connectivity index (χ4n) is 5.06. The number of carbonyl (C=O) groups is 3. The molecule has 0 spiro atoms. The van der Waals surface area contributed by atoms with Crippen LogP contribution in [0.15, 0.2) is 23.3 Å². The first-order valence-electron chi connectivity index (χ1n) is 13.9. The van der Waals surface area contributed by atoms with Crippen molar-refractivity contribution in [3.05, 3.63) is 51.3 Å². The number of hydrogen-bond donors (Lipinski definition) is 4. The predicted octanol–water partition coefficient (Wildman–Crippen LogP) is 2.17. The highest BCUT2D eigenvalue weighted by atomic mass is 16.3. The van der Waals surface area contributed by atoms with Crippen molar-refractivity contribution in [2.75, 3.05) is 13.1 Å². The van der Waals surface area contributed by atoms with Crippen molar-refractivity contribution in [1.82, 2.24) is 35.1 Å². The number of pyridine rings is 1. The van der Waals surface area contributed by atoms with Crippen molar-refractivity contribution in [3.8, 4) is 5.75 Å². The number of hydrogen-bond acceptors (Lipinski definition) is 7. The van der Waals surface area contributed by atoms with Gasteiger partial charge >= 0.3 is 0 Å². The number of rotatable bonds is 11. The van der Waals surface area contributed by atoms with Gasteiger partial charge in [0, 0.05) is 56.0 Å². The van der Waals surface area contributed by atoms with Gasteiger partial charge in [-0.15, -0.1) is 0 Å². The number of aromatic hydroxyl groups is 1. The van der Waals surface area contributed by atoms with Gasteiger partial charge in [-0.3, -0.25) is 19.2 Å². The lowest BCUT2D eigenvalue weighted by molar-refractivity contribution is -0.121. The number of amides is 3. The lowest BCUT2D eigenvalue weighted by Crippen LogP contribution is -2.46. The summed E-state index contributed by atoms with van der Waals surface area (Å²) in [7, 11) is 0. The van der Waals surface area contributed by atoms with E-state index in [-0.39, 0.29) is 30.1 Å². The van der Waals surface area contributed by atoms with E-state index in [2.05, 4.69) is 25.6 Å². The normalized spacial score (nSPS) is 15.0. The summed E-state index contributed by atoms with van der Waals surface area (Å²) in [6.07, 6.45) is 8.04. The van der Waals surface area contributed by atoms with Gasteiger partial charge in [0.05, 0.1) is 24.0 Å². The average molecular weight is 550 g/mol. The van der Waals surface area contributed by atoms with Gasteiger partial charge in [0.15, 0.2) is 17.1 Å². The third-order valence-corrected chi connectivity index (χ3v) is 7.50. The number of H-pyrrole nitrogens is 1. The van der Waals surface area contributed by atoms with E-state index in [4.69, 9.17) is 0 Å². The summed E-state index contributed by atoms with van der Waals surface area (Å²) in [4.78, 5) is 63.9. The second kappa shape index (κ2) is 11.5. The second-order valence-corrected chi connectivity index (χ2v) is 10.8. The van der Waals surface area contributed by atoms with Crippen molar-refractivity contribution in [3.63, 3.8) is 0 Å². The van der Waals surface area contributed by atoms with Crippen LogP contribution in [0, 0.1) is 0 Å². The van der Waals surface area contributed by atoms with Gasteiger partial charge in [0.2, 0.25) is 11.3 Å². The smallest absolute Gasteiger partial charge is 0.274 e. The Hall–Kier alpha value is -4.22. The number of fused-ring (bicyclic) bond motifs is 2. The van der Waals surface area contributed by atoms with E-state index in [9.17, 15) is 24.3 Å². The van der Waals surface area contributed by atoms with Crippen LogP contribution < -0.4 is 16.1 Å².